The Morgan fingerprint density at radius 3 is 2.39 bits per heavy atom. The molecule has 1 aromatic carbocycles. The van der Waals surface area contributed by atoms with Gasteiger partial charge in [-0.2, -0.15) is 0 Å². The molecule has 1 heterocycles. The summed E-state index contributed by atoms with van der Waals surface area (Å²) in [6.45, 7) is 4.32. The third-order valence-corrected chi connectivity index (χ3v) is 3.21. The van der Waals surface area contributed by atoms with Crippen LogP contribution in [0, 0.1) is 5.41 Å². The van der Waals surface area contributed by atoms with Crippen LogP contribution in [0.1, 0.15) is 25.0 Å². The van der Waals surface area contributed by atoms with Gasteiger partial charge in [-0.15, -0.1) is 0 Å². The lowest BCUT2D eigenvalue weighted by atomic mass is 9.93. The summed E-state index contributed by atoms with van der Waals surface area (Å²) < 4.78 is 5.21. The summed E-state index contributed by atoms with van der Waals surface area (Å²) in [5.74, 6) is 0. The fourth-order valence-electron chi connectivity index (χ4n) is 2.10. The molecule has 1 aliphatic rings. The number of hydrogen-bond acceptors (Lipinski definition) is 2. The molecule has 2 aromatic rings. The lowest BCUT2D eigenvalue weighted by molar-refractivity contribution is 0.561. The van der Waals surface area contributed by atoms with Crippen molar-refractivity contribution in [2.45, 2.75) is 13.8 Å². The van der Waals surface area contributed by atoms with Crippen LogP contribution in [0.4, 0.5) is 0 Å². The first kappa shape index (κ1) is 11.0. The fourth-order valence-corrected chi connectivity index (χ4v) is 2.10. The van der Waals surface area contributed by atoms with E-state index >= 15 is 0 Å². The molecule has 0 spiro atoms. The maximum atomic E-state index is 11.2. The first-order valence-electron chi connectivity index (χ1n) is 6.00. The normalized spacial score (nSPS) is 16.6. The van der Waals surface area contributed by atoms with E-state index in [0.29, 0.717) is 5.58 Å². The van der Waals surface area contributed by atoms with Gasteiger partial charge in [-0.25, -0.2) is 4.79 Å². The molecule has 0 amide bonds. The zero-order chi connectivity index (χ0) is 12.8. The summed E-state index contributed by atoms with van der Waals surface area (Å²) in [4.78, 5) is 11.2. The maximum absolute atomic E-state index is 11.2. The van der Waals surface area contributed by atoms with Crippen molar-refractivity contribution >= 4 is 23.1 Å². The monoisotopic (exact) mass is 238 g/mol. The first-order valence-corrected chi connectivity index (χ1v) is 6.00. The van der Waals surface area contributed by atoms with E-state index in [2.05, 4.69) is 44.2 Å². The SMILES string of the molecule is CC1(C)C=Cc2cc3ccc(=O)oc3cc2C=C1. The van der Waals surface area contributed by atoms with Gasteiger partial charge in [-0.1, -0.05) is 38.2 Å². The molecule has 0 radical (unpaired) electrons. The Kier molecular flexibility index (Phi) is 2.27. The second-order valence-electron chi connectivity index (χ2n) is 5.26. The minimum absolute atomic E-state index is 0.0477. The Morgan fingerprint density at radius 2 is 1.67 bits per heavy atom. The number of allylic oxidation sites excluding steroid dienone is 2. The van der Waals surface area contributed by atoms with Crippen molar-refractivity contribution in [2.24, 2.45) is 5.41 Å². The zero-order valence-electron chi connectivity index (χ0n) is 10.4. The molecular formula is C16H14O2. The van der Waals surface area contributed by atoms with E-state index in [1.165, 1.54) is 6.07 Å². The summed E-state index contributed by atoms with van der Waals surface area (Å²) in [7, 11) is 0. The molecule has 0 saturated carbocycles. The second kappa shape index (κ2) is 3.70. The molecule has 1 aromatic heterocycles. The van der Waals surface area contributed by atoms with Crippen molar-refractivity contribution in [3.63, 3.8) is 0 Å². The van der Waals surface area contributed by atoms with Crippen LogP contribution in [-0.4, -0.2) is 0 Å². The van der Waals surface area contributed by atoms with Gasteiger partial charge in [0.05, 0.1) is 0 Å². The van der Waals surface area contributed by atoms with Crippen molar-refractivity contribution in [1.29, 1.82) is 0 Å². The van der Waals surface area contributed by atoms with Crippen molar-refractivity contribution in [1.82, 2.24) is 0 Å². The van der Waals surface area contributed by atoms with E-state index in [1.54, 1.807) is 6.07 Å². The molecule has 1 aliphatic carbocycles. The highest BCUT2D eigenvalue weighted by Gasteiger charge is 2.13. The largest absolute Gasteiger partial charge is 0.423 e. The highest BCUT2D eigenvalue weighted by atomic mass is 16.4. The highest BCUT2D eigenvalue weighted by Crippen LogP contribution is 2.29. The molecule has 0 bridgehead atoms. The summed E-state index contributed by atoms with van der Waals surface area (Å²) >= 11 is 0. The summed E-state index contributed by atoms with van der Waals surface area (Å²) in [6, 6.07) is 7.23. The zero-order valence-corrected chi connectivity index (χ0v) is 10.4. The Balaban J connectivity index is 2.29. The van der Waals surface area contributed by atoms with Gasteiger partial charge < -0.3 is 4.42 Å². The van der Waals surface area contributed by atoms with E-state index in [0.717, 1.165) is 16.5 Å². The average Bonchev–Trinajstić information content (AvgIpc) is 2.47. The molecule has 0 atom stereocenters. The summed E-state index contributed by atoms with van der Waals surface area (Å²) in [5.41, 5.74) is 2.61. The third-order valence-electron chi connectivity index (χ3n) is 3.21. The Bertz CT molecular complexity index is 730. The van der Waals surface area contributed by atoms with Crippen LogP contribution >= 0.6 is 0 Å². The molecular weight excluding hydrogens is 224 g/mol. The third kappa shape index (κ3) is 1.90. The standard InChI is InChI=1S/C16H14O2/c1-16(2)7-5-11-9-13-3-4-15(17)18-14(13)10-12(11)6-8-16/h3-10H,1-2H3. The molecule has 0 fully saturated rings. The van der Waals surface area contributed by atoms with Gasteiger partial charge in [0, 0.05) is 16.9 Å². The van der Waals surface area contributed by atoms with Gasteiger partial charge in [0.1, 0.15) is 5.58 Å². The molecule has 0 aliphatic heterocycles. The molecule has 18 heavy (non-hydrogen) atoms. The number of benzene rings is 1. The first-order chi connectivity index (χ1) is 8.53. The molecule has 90 valence electrons. The predicted octanol–water partition coefficient (Wildman–Crippen LogP) is 3.86. The van der Waals surface area contributed by atoms with Crippen molar-refractivity contribution in [3.05, 3.63) is 58.0 Å². The lowest BCUT2D eigenvalue weighted by Gasteiger charge is -2.11. The fraction of sp³-hybridized carbons (Fsp3) is 0.188. The van der Waals surface area contributed by atoms with Gasteiger partial charge >= 0.3 is 5.63 Å². The molecule has 0 unspecified atom stereocenters. The number of rotatable bonds is 0. The molecule has 2 heteroatoms. The van der Waals surface area contributed by atoms with Gasteiger partial charge in [0.15, 0.2) is 0 Å². The van der Waals surface area contributed by atoms with Crippen LogP contribution in [0.5, 0.6) is 0 Å². The van der Waals surface area contributed by atoms with Crippen LogP contribution in [0.15, 0.2) is 45.6 Å². The Hall–Kier alpha value is -2.09. The van der Waals surface area contributed by atoms with E-state index < -0.39 is 0 Å². The van der Waals surface area contributed by atoms with Crippen molar-refractivity contribution in [3.8, 4) is 0 Å². The van der Waals surface area contributed by atoms with Crippen LogP contribution < -0.4 is 5.63 Å². The smallest absolute Gasteiger partial charge is 0.336 e. The summed E-state index contributed by atoms with van der Waals surface area (Å²) in [6.07, 6.45) is 8.55. The van der Waals surface area contributed by atoms with E-state index in [1.807, 2.05) is 6.07 Å². The Morgan fingerprint density at radius 1 is 1.00 bits per heavy atom. The molecule has 0 saturated heterocycles. The Labute approximate surface area is 105 Å². The van der Waals surface area contributed by atoms with Crippen LogP contribution in [0.25, 0.3) is 23.1 Å². The van der Waals surface area contributed by atoms with Gasteiger partial charge in [-0.05, 0) is 29.3 Å². The molecule has 0 N–H and O–H groups in total. The van der Waals surface area contributed by atoms with E-state index in [9.17, 15) is 4.79 Å². The topological polar surface area (TPSA) is 30.2 Å². The summed E-state index contributed by atoms with van der Waals surface area (Å²) in [5, 5.41) is 0.950. The van der Waals surface area contributed by atoms with E-state index in [-0.39, 0.29) is 11.0 Å². The predicted molar refractivity (Wildman–Crippen MR) is 74.3 cm³/mol. The van der Waals surface area contributed by atoms with Gasteiger partial charge in [-0.3, -0.25) is 0 Å². The van der Waals surface area contributed by atoms with Crippen LogP contribution in [0.2, 0.25) is 0 Å². The highest BCUT2D eigenvalue weighted by molar-refractivity contribution is 5.85. The van der Waals surface area contributed by atoms with Gasteiger partial charge in [0.2, 0.25) is 0 Å². The second-order valence-corrected chi connectivity index (χ2v) is 5.26. The quantitative estimate of drug-likeness (QED) is 0.652. The van der Waals surface area contributed by atoms with E-state index in [4.69, 9.17) is 4.42 Å². The van der Waals surface area contributed by atoms with Crippen LogP contribution in [-0.2, 0) is 0 Å². The molecule has 2 nitrogen and oxygen atoms in total. The minimum Gasteiger partial charge on any atom is -0.423 e. The molecule has 3 rings (SSSR count). The van der Waals surface area contributed by atoms with Crippen LogP contribution in [0.3, 0.4) is 0 Å². The minimum atomic E-state index is -0.309. The average molecular weight is 238 g/mol. The number of fused-ring (bicyclic) bond motifs is 2. The van der Waals surface area contributed by atoms with Crippen molar-refractivity contribution < 1.29 is 4.42 Å². The van der Waals surface area contributed by atoms with Crippen molar-refractivity contribution in [2.75, 3.05) is 0 Å². The maximum Gasteiger partial charge on any atom is 0.336 e. The lowest BCUT2D eigenvalue weighted by Crippen LogP contribution is -1.99. The number of hydrogen-bond donors (Lipinski definition) is 0. The van der Waals surface area contributed by atoms with Gasteiger partial charge in [0.25, 0.3) is 0 Å².